The van der Waals surface area contributed by atoms with Crippen LogP contribution in [0, 0.1) is 0 Å². The number of rotatable bonds is 7. The maximum Gasteiger partial charge on any atom is 0.434 e. The fourth-order valence-corrected chi connectivity index (χ4v) is 5.16. The summed E-state index contributed by atoms with van der Waals surface area (Å²) in [5, 5.41) is 0.343. The Bertz CT molecular complexity index is 1520. The largest absolute Gasteiger partial charge is 0.463 e. The van der Waals surface area contributed by atoms with E-state index in [2.05, 4.69) is 4.99 Å². The van der Waals surface area contributed by atoms with Crippen LogP contribution in [-0.2, 0) is 9.53 Å². The zero-order valence-electron chi connectivity index (χ0n) is 20.1. The number of furan rings is 1. The van der Waals surface area contributed by atoms with Gasteiger partial charge in [-0.1, -0.05) is 35.1 Å². The van der Waals surface area contributed by atoms with Gasteiger partial charge in [-0.05, 0) is 44.5 Å². The van der Waals surface area contributed by atoms with Crippen LogP contribution in [0.5, 0.6) is 0 Å². The van der Waals surface area contributed by atoms with Gasteiger partial charge in [-0.2, -0.15) is 13.2 Å². The third kappa shape index (κ3) is 5.24. The molecule has 37 heavy (non-hydrogen) atoms. The minimum atomic E-state index is -4.97. The summed E-state index contributed by atoms with van der Waals surface area (Å²) in [6.07, 6.45) is -3.52. The SMILES string of the molecule is CCOC(=O)C1=C(C(F)(F)F)N=c2s/c(=C\c3ccc(N(CC)CC)o3)c(=O)n2[C@@H]1c1ccc(Cl)cc1. The van der Waals surface area contributed by atoms with Gasteiger partial charge in [-0.15, -0.1) is 0 Å². The average Bonchev–Trinajstić information content (AvgIpc) is 3.43. The van der Waals surface area contributed by atoms with Crippen LogP contribution in [0.25, 0.3) is 6.08 Å². The summed E-state index contributed by atoms with van der Waals surface area (Å²) in [6.45, 7) is 6.69. The molecule has 0 N–H and O–H groups in total. The molecule has 1 aliphatic rings. The molecule has 1 atom stereocenters. The second-order valence-electron chi connectivity index (χ2n) is 7.96. The average molecular weight is 554 g/mol. The van der Waals surface area contributed by atoms with Gasteiger partial charge in [0.15, 0.2) is 16.4 Å². The van der Waals surface area contributed by atoms with E-state index in [9.17, 15) is 22.8 Å². The van der Waals surface area contributed by atoms with E-state index < -0.39 is 35.0 Å². The molecule has 12 heteroatoms. The van der Waals surface area contributed by atoms with Crippen molar-refractivity contribution in [1.29, 1.82) is 0 Å². The maximum atomic E-state index is 14.1. The predicted molar refractivity (Wildman–Crippen MR) is 135 cm³/mol. The number of aromatic nitrogens is 1. The standard InChI is InChI=1S/C25H23ClF3N3O4S/c1-4-31(5-2)18-12-11-16(36-18)13-17-22(33)32-20(14-7-9-15(26)10-8-14)19(23(34)35-6-3)21(25(27,28)29)30-24(32)37-17/h7-13,20H,4-6H2,1-3H3/b17-13-/t20-/m1/s1. The number of halogens is 4. The molecule has 0 radical (unpaired) electrons. The highest BCUT2D eigenvalue weighted by molar-refractivity contribution is 7.07. The van der Waals surface area contributed by atoms with Crippen LogP contribution in [0.4, 0.5) is 19.1 Å². The highest BCUT2D eigenvalue weighted by Crippen LogP contribution is 2.38. The van der Waals surface area contributed by atoms with Crippen molar-refractivity contribution in [3.05, 3.63) is 83.7 Å². The van der Waals surface area contributed by atoms with Gasteiger partial charge in [0.05, 0.1) is 22.8 Å². The van der Waals surface area contributed by atoms with Gasteiger partial charge < -0.3 is 14.1 Å². The minimum Gasteiger partial charge on any atom is -0.463 e. The molecule has 1 aromatic carbocycles. The fourth-order valence-electron chi connectivity index (χ4n) is 4.06. The second kappa shape index (κ2) is 10.6. The Morgan fingerprint density at radius 2 is 1.86 bits per heavy atom. The molecule has 3 aromatic rings. The zero-order chi connectivity index (χ0) is 26.9. The van der Waals surface area contributed by atoms with E-state index in [0.717, 1.165) is 15.9 Å². The molecule has 0 saturated carbocycles. The molecule has 0 amide bonds. The number of thiazole rings is 1. The fraction of sp³-hybridized carbons (Fsp3) is 0.320. The molecule has 196 valence electrons. The van der Waals surface area contributed by atoms with E-state index in [-0.39, 0.29) is 21.5 Å². The molecule has 1 aliphatic heterocycles. The lowest BCUT2D eigenvalue weighted by Gasteiger charge is -2.26. The number of benzene rings is 1. The Morgan fingerprint density at radius 1 is 1.19 bits per heavy atom. The number of allylic oxidation sites excluding steroid dienone is 1. The van der Waals surface area contributed by atoms with Crippen molar-refractivity contribution < 1.29 is 27.1 Å². The molecule has 0 bridgehead atoms. The van der Waals surface area contributed by atoms with Crippen molar-refractivity contribution in [2.45, 2.75) is 33.0 Å². The van der Waals surface area contributed by atoms with Gasteiger partial charge in [0.25, 0.3) is 5.56 Å². The van der Waals surface area contributed by atoms with E-state index in [1.165, 1.54) is 37.3 Å². The lowest BCUT2D eigenvalue weighted by atomic mass is 9.95. The highest BCUT2D eigenvalue weighted by atomic mass is 35.5. The molecule has 0 fully saturated rings. The number of hydrogen-bond donors (Lipinski definition) is 0. The molecular formula is C25H23ClF3N3O4S. The minimum absolute atomic E-state index is 0.102. The first kappa shape index (κ1) is 26.7. The Balaban J connectivity index is 1.97. The summed E-state index contributed by atoms with van der Waals surface area (Å²) in [7, 11) is 0. The number of carbonyl (C=O) groups is 1. The lowest BCUT2D eigenvalue weighted by molar-refractivity contribution is -0.140. The van der Waals surface area contributed by atoms with Gasteiger partial charge in [0.2, 0.25) is 0 Å². The first-order valence-electron chi connectivity index (χ1n) is 11.5. The van der Waals surface area contributed by atoms with Crippen LogP contribution in [0.15, 0.2) is 61.9 Å². The number of esters is 1. The number of carbonyl (C=O) groups excluding carboxylic acids is 1. The molecule has 3 heterocycles. The molecule has 0 saturated heterocycles. The number of anilines is 1. The Hall–Kier alpha value is -3.31. The summed E-state index contributed by atoms with van der Waals surface area (Å²) >= 11 is 6.76. The first-order valence-corrected chi connectivity index (χ1v) is 12.7. The molecule has 7 nitrogen and oxygen atoms in total. The van der Waals surface area contributed by atoms with Gasteiger partial charge in [0, 0.05) is 30.3 Å². The number of nitrogens with zero attached hydrogens (tertiary/aromatic N) is 3. The Labute approximate surface area is 218 Å². The van der Waals surface area contributed by atoms with E-state index in [1.54, 1.807) is 12.1 Å². The summed E-state index contributed by atoms with van der Waals surface area (Å²) in [4.78, 5) is 31.9. The van der Waals surface area contributed by atoms with Crippen LogP contribution in [0.3, 0.4) is 0 Å². The van der Waals surface area contributed by atoms with Crippen molar-refractivity contribution in [2.24, 2.45) is 4.99 Å². The van der Waals surface area contributed by atoms with Gasteiger partial charge in [-0.3, -0.25) is 9.36 Å². The quantitative estimate of drug-likeness (QED) is 0.405. The van der Waals surface area contributed by atoms with Crippen molar-refractivity contribution in [1.82, 2.24) is 4.57 Å². The topological polar surface area (TPSA) is 77.0 Å². The summed E-state index contributed by atoms with van der Waals surface area (Å²) in [5.41, 5.74) is -2.54. The van der Waals surface area contributed by atoms with Gasteiger partial charge in [0.1, 0.15) is 5.76 Å². The molecule has 4 rings (SSSR count). The van der Waals surface area contributed by atoms with Crippen molar-refractivity contribution in [2.75, 3.05) is 24.6 Å². The molecule has 0 unspecified atom stereocenters. The molecule has 0 aliphatic carbocycles. The van der Waals surface area contributed by atoms with Crippen molar-refractivity contribution in [3.8, 4) is 0 Å². The normalized spacial score (nSPS) is 16.0. The van der Waals surface area contributed by atoms with Crippen LogP contribution >= 0.6 is 22.9 Å². The molecular weight excluding hydrogens is 531 g/mol. The smallest absolute Gasteiger partial charge is 0.434 e. The number of fused-ring (bicyclic) bond motifs is 1. The van der Waals surface area contributed by atoms with E-state index >= 15 is 0 Å². The molecule has 2 aromatic heterocycles. The van der Waals surface area contributed by atoms with E-state index in [0.29, 0.717) is 29.8 Å². The van der Waals surface area contributed by atoms with E-state index in [1.807, 2.05) is 18.7 Å². The monoisotopic (exact) mass is 553 g/mol. The lowest BCUT2D eigenvalue weighted by Crippen LogP contribution is -2.41. The van der Waals surface area contributed by atoms with Gasteiger partial charge in [-0.25, -0.2) is 9.79 Å². The van der Waals surface area contributed by atoms with Crippen LogP contribution in [0.2, 0.25) is 5.02 Å². The molecule has 0 spiro atoms. The van der Waals surface area contributed by atoms with Crippen molar-refractivity contribution >= 4 is 40.9 Å². The van der Waals surface area contributed by atoms with Crippen LogP contribution < -0.4 is 19.8 Å². The van der Waals surface area contributed by atoms with Crippen LogP contribution in [0.1, 0.15) is 38.1 Å². The number of alkyl halides is 3. The Morgan fingerprint density at radius 3 is 2.46 bits per heavy atom. The summed E-state index contributed by atoms with van der Waals surface area (Å²) < 4.78 is 54.4. The second-order valence-corrected chi connectivity index (χ2v) is 9.41. The zero-order valence-corrected chi connectivity index (χ0v) is 21.7. The van der Waals surface area contributed by atoms with Crippen LogP contribution in [-0.4, -0.2) is 36.4 Å². The highest BCUT2D eigenvalue weighted by Gasteiger charge is 2.45. The predicted octanol–water partition coefficient (Wildman–Crippen LogP) is 4.43. The third-order valence-electron chi connectivity index (χ3n) is 5.74. The van der Waals surface area contributed by atoms with Crippen molar-refractivity contribution in [3.63, 3.8) is 0 Å². The van der Waals surface area contributed by atoms with Gasteiger partial charge >= 0.3 is 12.1 Å². The Kier molecular flexibility index (Phi) is 7.65. The van der Waals surface area contributed by atoms with E-state index in [4.69, 9.17) is 20.8 Å². The summed E-state index contributed by atoms with van der Waals surface area (Å²) in [5.74, 6) is -0.245. The third-order valence-corrected chi connectivity index (χ3v) is 6.98. The number of hydrogen-bond acceptors (Lipinski definition) is 7. The maximum absolute atomic E-state index is 14.1. The number of ether oxygens (including phenoxy) is 1. The summed E-state index contributed by atoms with van der Waals surface area (Å²) in [6, 6.07) is 7.88. The first-order chi connectivity index (χ1) is 17.6.